The first kappa shape index (κ1) is 13.5. The third-order valence-electron chi connectivity index (χ3n) is 1.31. The van der Waals surface area contributed by atoms with Crippen molar-refractivity contribution in [2.75, 3.05) is 0 Å². The summed E-state index contributed by atoms with van der Waals surface area (Å²) in [6.07, 6.45) is 8.45. The first-order valence-electron chi connectivity index (χ1n) is 3.67. The Balaban J connectivity index is 0. The Morgan fingerprint density at radius 3 is 2.40 bits per heavy atom. The molecule has 56 valence electrons. The molecule has 0 amide bonds. The molecule has 0 fully saturated rings. The maximum atomic E-state index is 5.33. The molecule has 0 aliphatic heterocycles. The van der Waals surface area contributed by atoms with Gasteiger partial charge in [-0.05, 0) is 12.8 Å². The van der Waals surface area contributed by atoms with Crippen molar-refractivity contribution in [1.29, 1.82) is 0 Å². The van der Waals surface area contributed by atoms with E-state index >= 15 is 0 Å². The second-order valence-electron chi connectivity index (χ2n) is 2.21. The van der Waals surface area contributed by atoms with E-state index in [4.69, 9.17) is 11.6 Å². The fraction of sp³-hybridized carbons (Fsp3) is 0.750. The standard InChI is InChI=1S/C8H15Cl.Hg/c1-2-3-4-5-6-7-8-9;/h7-8H,2-6H2,1H3;/b8-7+;. The molecular weight excluding hydrogens is 332 g/mol. The second-order valence-corrected chi connectivity index (χ2v) is 2.46. The summed E-state index contributed by atoms with van der Waals surface area (Å²) in [5.74, 6) is 0. The van der Waals surface area contributed by atoms with Crippen molar-refractivity contribution >= 4 is 11.6 Å². The van der Waals surface area contributed by atoms with Gasteiger partial charge in [0, 0.05) is 33.2 Å². The van der Waals surface area contributed by atoms with Crippen LogP contribution in [0.15, 0.2) is 11.6 Å². The summed E-state index contributed by atoms with van der Waals surface area (Å²) in [7, 11) is 0. The molecule has 0 nitrogen and oxygen atoms in total. The van der Waals surface area contributed by atoms with Gasteiger partial charge in [-0.15, -0.1) is 0 Å². The fourth-order valence-corrected chi connectivity index (χ4v) is 0.878. The Labute approximate surface area is 89.5 Å². The van der Waals surface area contributed by atoms with Crippen molar-refractivity contribution in [2.45, 2.75) is 39.0 Å². The fourth-order valence-electron chi connectivity index (χ4n) is 0.752. The normalized spacial score (nSPS) is 9.80. The molecule has 0 aliphatic carbocycles. The van der Waals surface area contributed by atoms with E-state index < -0.39 is 0 Å². The molecule has 0 aromatic carbocycles. The summed E-state index contributed by atoms with van der Waals surface area (Å²) >= 11 is 5.33. The zero-order valence-corrected chi connectivity index (χ0v) is 13.0. The number of halogens is 1. The molecular formula is C8H15ClHg. The van der Waals surface area contributed by atoms with Crippen molar-refractivity contribution in [3.63, 3.8) is 0 Å². The molecule has 0 aromatic heterocycles. The van der Waals surface area contributed by atoms with Gasteiger partial charge in [0.05, 0.1) is 0 Å². The molecule has 0 spiro atoms. The van der Waals surface area contributed by atoms with Gasteiger partial charge in [0.25, 0.3) is 0 Å². The minimum Gasteiger partial charge on any atom is -0.0933 e. The van der Waals surface area contributed by atoms with Crippen molar-refractivity contribution in [3.8, 4) is 0 Å². The SMILES string of the molecule is CCCCCC/C=C/Cl.[Hg]. The van der Waals surface area contributed by atoms with Gasteiger partial charge < -0.3 is 0 Å². The van der Waals surface area contributed by atoms with Crippen LogP contribution in [0.1, 0.15) is 39.0 Å². The molecule has 0 saturated heterocycles. The van der Waals surface area contributed by atoms with Crippen LogP contribution >= 0.6 is 11.6 Å². The summed E-state index contributed by atoms with van der Waals surface area (Å²) in [5.41, 5.74) is 1.60. The van der Waals surface area contributed by atoms with Crippen LogP contribution in [0.5, 0.6) is 0 Å². The predicted octanol–water partition coefficient (Wildman–Crippen LogP) is 3.71. The molecule has 0 heterocycles. The first-order valence-corrected chi connectivity index (χ1v) is 4.10. The maximum Gasteiger partial charge on any atom is 0.000245 e. The molecule has 0 N–H and O–H groups in total. The van der Waals surface area contributed by atoms with Crippen LogP contribution in [0.4, 0.5) is 0 Å². The van der Waals surface area contributed by atoms with Crippen LogP contribution in [0.2, 0.25) is 0 Å². The predicted molar refractivity (Wildman–Crippen MR) is 43.8 cm³/mol. The average molecular weight is 347 g/mol. The minimum atomic E-state index is 0. The Hall–Kier alpha value is 0.965. The summed E-state index contributed by atoms with van der Waals surface area (Å²) < 4.78 is 0. The Morgan fingerprint density at radius 1 is 1.20 bits per heavy atom. The van der Waals surface area contributed by atoms with Gasteiger partial charge in [0.1, 0.15) is 0 Å². The van der Waals surface area contributed by atoms with E-state index in [0.29, 0.717) is 0 Å². The number of hydrogen-bond acceptors (Lipinski definition) is 0. The zero-order chi connectivity index (χ0) is 6.95. The van der Waals surface area contributed by atoms with Crippen molar-refractivity contribution < 1.29 is 27.7 Å². The molecule has 0 unspecified atom stereocenters. The van der Waals surface area contributed by atoms with Crippen molar-refractivity contribution in [2.24, 2.45) is 0 Å². The van der Waals surface area contributed by atoms with E-state index in [-0.39, 0.29) is 27.7 Å². The van der Waals surface area contributed by atoms with Crippen LogP contribution in [-0.2, 0) is 27.7 Å². The van der Waals surface area contributed by atoms with E-state index in [1.165, 1.54) is 25.7 Å². The van der Waals surface area contributed by atoms with E-state index in [0.717, 1.165) is 6.42 Å². The monoisotopic (exact) mass is 348 g/mol. The van der Waals surface area contributed by atoms with Gasteiger partial charge in [0.15, 0.2) is 0 Å². The van der Waals surface area contributed by atoms with Gasteiger partial charge in [0.2, 0.25) is 0 Å². The Morgan fingerprint density at radius 2 is 1.90 bits per heavy atom. The second kappa shape index (κ2) is 12.6. The van der Waals surface area contributed by atoms with E-state index in [2.05, 4.69) is 6.92 Å². The number of allylic oxidation sites excluding steroid dienone is 1. The number of unbranched alkanes of at least 4 members (excludes halogenated alkanes) is 4. The molecule has 0 aromatic rings. The number of rotatable bonds is 5. The van der Waals surface area contributed by atoms with Crippen molar-refractivity contribution in [1.82, 2.24) is 0 Å². The van der Waals surface area contributed by atoms with Gasteiger partial charge >= 0.3 is 0 Å². The van der Waals surface area contributed by atoms with Gasteiger partial charge in [-0.3, -0.25) is 0 Å². The van der Waals surface area contributed by atoms with E-state index in [1.54, 1.807) is 5.54 Å². The molecule has 0 radical (unpaired) electrons. The van der Waals surface area contributed by atoms with Gasteiger partial charge in [-0.2, -0.15) is 0 Å². The molecule has 0 atom stereocenters. The Kier molecular flexibility index (Phi) is 17.1. The third-order valence-corrected chi connectivity index (χ3v) is 1.49. The van der Waals surface area contributed by atoms with E-state index in [9.17, 15) is 0 Å². The first-order chi connectivity index (χ1) is 4.41. The van der Waals surface area contributed by atoms with Crippen LogP contribution in [-0.4, -0.2) is 0 Å². The third kappa shape index (κ3) is 11.7. The topological polar surface area (TPSA) is 0 Å². The molecule has 0 saturated carbocycles. The Bertz CT molecular complexity index is 71.7. The van der Waals surface area contributed by atoms with Crippen LogP contribution in [0.25, 0.3) is 0 Å². The molecule has 2 heteroatoms. The van der Waals surface area contributed by atoms with Crippen molar-refractivity contribution in [3.05, 3.63) is 11.6 Å². The van der Waals surface area contributed by atoms with Gasteiger partial charge in [-0.25, -0.2) is 0 Å². The molecule has 0 rings (SSSR count). The van der Waals surface area contributed by atoms with Gasteiger partial charge in [-0.1, -0.05) is 43.9 Å². The molecule has 0 bridgehead atoms. The smallest absolute Gasteiger partial charge is 0.000245 e. The molecule has 0 aliphatic rings. The quantitative estimate of drug-likeness (QED) is 0.525. The largest absolute Gasteiger partial charge is 0.0933 e. The maximum absolute atomic E-state index is 5.33. The minimum absolute atomic E-state index is 0. The van der Waals surface area contributed by atoms with Crippen LogP contribution in [0.3, 0.4) is 0 Å². The number of hydrogen-bond donors (Lipinski definition) is 0. The zero-order valence-electron chi connectivity index (χ0n) is 6.78. The summed E-state index contributed by atoms with van der Waals surface area (Å²) in [6, 6.07) is 0. The van der Waals surface area contributed by atoms with Crippen LogP contribution in [0, 0.1) is 0 Å². The average Bonchev–Trinajstić information content (AvgIpc) is 1.89. The van der Waals surface area contributed by atoms with Crippen LogP contribution < -0.4 is 0 Å². The van der Waals surface area contributed by atoms with E-state index in [1.807, 2.05) is 6.08 Å². The summed E-state index contributed by atoms with van der Waals surface area (Å²) in [6.45, 7) is 2.22. The summed E-state index contributed by atoms with van der Waals surface area (Å²) in [5, 5.41) is 0. The molecule has 10 heavy (non-hydrogen) atoms. The summed E-state index contributed by atoms with van der Waals surface area (Å²) in [4.78, 5) is 0.